The number of rotatable bonds is 15. The Morgan fingerprint density at radius 3 is 1.14 bits per heavy atom. The maximum absolute atomic E-state index is 13.0. The maximum atomic E-state index is 13.0. The molecule has 9 heterocycles. The quantitative estimate of drug-likeness (QED) is 0.0425. The predicted molar refractivity (Wildman–Crippen MR) is 533 cm³/mol. The van der Waals surface area contributed by atoms with E-state index in [1.165, 1.54) is 0 Å². The summed E-state index contributed by atoms with van der Waals surface area (Å²) < 4.78 is 39.0. The van der Waals surface area contributed by atoms with Crippen LogP contribution in [0.25, 0.3) is 76.5 Å². The number of carbonyl (C=O) groups excluding carboxylic acids is 6. The number of Topliss-reactive ketones (excluding diaryl/α,β-unsaturated/α-hetero) is 1. The largest absolute Gasteiger partial charge is 0.398 e. The third-order valence-electron chi connectivity index (χ3n) is 24.2. The number of likely N-dealkylation sites (N-methyl/N-ethyl adjacent to an activating group) is 1. The number of nitriles is 2. The molecule has 5 amide bonds. The standard InChI is InChI=1S/2C21H19N5O.C20H19FN4O.C20H18FN3O2.C18H19FN4O.CH4.2H2S/c2*1-12-3-4-26(2)19(5-12)14-6-13-9-20(24-11-17(13)18(23)8-14)25-21(27)16-7-15(16)10-22;1-11-4-3-5-18(25(11)2)13-6-12-8-19(23-10-15(12)17(22)7-13)24-20(26)14-9-16(14)21;1-10-3-2-4-17(25)19(10)12-5-11-7-18(23-9-14(11)16(22)6-12)24-20(26)13-8-15(13)21;1-9-2-12(7-21-9)10-3-11-5-17(22-8-14(11)16(20)4-10)23-18(24)13-6-15(13)19;;;/h2*3-6,8-9,11,15-16H,1,7,23H2,2H3,(H,24,25,27);3-8,10,14,16H,1,9,22H2,2H3,(H,23,24,26);2-3,5-7,9,13,15H,4,8,22H2,1H3,(H,23,24,26);3-5,8,12-13,15,21H,1-2,6-7,20H2,(H,22,23,24);1H4;2*1H2/t15?,16-;15-,16+;14-,16+;13-,15+;12?,13-,15+;;;/m11101.../s1. The van der Waals surface area contributed by atoms with Gasteiger partial charge in [-0.1, -0.05) is 58.0 Å². The Morgan fingerprint density at radius 2 is 0.805 bits per heavy atom. The van der Waals surface area contributed by atoms with Gasteiger partial charge in [-0.25, -0.2) is 38.1 Å². The molecule has 5 aromatic heterocycles. The normalized spacial score (nSPS) is 21.7. The van der Waals surface area contributed by atoms with Gasteiger partial charge in [-0.2, -0.15) is 37.5 Å². The Morgan fingerprint density at radius 1 is 0.466 bits per heavy atom. The first kappa shape index (κ1) is 95.3. The zero-order valence-corrected chi connectivity index (χ0v) is 74.7. The molecule has 32 heteroatoms. The van der Waals surface area contributed by atoms with E-state index >= 15 is 0 Å². The molecule has 10 aliphatic rings. The average Bonchev–Trinajstić information content (AvgIpc) is 1.29. The van der Waals surface area contributed by atoms with Crippen molar-refractivity contribution in [1.82, 2.24) is 44.9 Å². The first-order valence-corrected chi connectivity index (χ1v) is 42.3. The van der Waals surface area contributed by atoms with Crippen LogP contribution in [0.15, 0.2) is 243 Å². The van der Waals surface area contributed by atoms with Crippen molar-refractivity contribution in [3.63, 3.8) is 0 Å². The number of carbonyl (C=O) groups is 6. The number of nitrogens with one attached hydrogen (secondary N) is 6. The summed E-state index contributed by atoms with van der Waals surface area (Å²) in [5.41, 5.74) is 47.0. The van der Waals surface area contributed by atoms with E-state index in [4.69, 9.17) is 39.2 Å². The number of pyridine rings is 5. The Balaban J connectivity index is 0.000000140. The minimum absolute atomic E-state index is 0. The number of nitrogen functional groups attached to an aromatic ring is 5. The molecule has 5 saturated carbocycles. The van der Waals surface area contributed by atoms with Crippen LogP contribution in [0.2, 0.25) is 0 Å². The molecule has 0 radical (unpaired) electrons. The van der Waals surface area contributed by atoms with E-state index < -0.39 is 36.3 Å². The van der Waals surface area contributed by atoms with Gasteiger partial charge in [0.05, 0.1) is 53.6 Å². The number of allylic oxidation sites excluding steroid dienone is 14. The number of fused-ring (bicyclic) bond motifs is 5. The van der Waals surface area contributed by atoms with Crippen molar-refractivity contribution in [3.8, 4) is 12.1 Å². The molecule has 6 aliphatic carbocycles. The molecule has 11 atom stereocenters. The molecule has 6 fully saturated rings. The topological polar surface area (TPSA) is 426 Å². The number of ketones is 1. The molecule has 133 heavy (non-hydrogen) atoms. The SMILES string of the molecule is C.C=C1C=CC=C(c2cc(N)c3cnc(NC(=O)[C@@H]4C[C@@H]4F)cc3c2)N1C.C=C1C=CN(C)C(c2cc(N)c3cnc(NC(=O)[C@@H]4CC4C#N)cc3c2)=C1.C=C1C=CN(C)C(c2cc(N)c3cnc(NC(=O)[C@H]4C[C@@H]4C#N)cc3c2)=C1.C=C1CC(c2cc(N)c3cnc(NC(=O)[C@@H]4C[C@@H]4F)cc3c2)CN1.CC1=C(c2cc(N)c3cnc(NC(=O)[C@H]4C[C@H]4F)cc3c2)C(=O)CC=C1.S.S. The monoisotopic (exact) mass is 1830 g/mol. The highest BCUT2D eigenvalue weighted by molar-refractivity contribution is 7.59. The van der Waals surface area contributed by atoms with Gasteiger partial charge in [-0.15, -0.1) is 0 Å². The molecule has 5 aromatic carbocycles. The fraction of sp³-hybridized carbons (Fsp3) is 0.238. The smallest absolute Gasteiger partial charge is 0.231 e. The molecular formula is C101H102F3N21O6S2. The summed E-state index contributed by atoms with van der Waals surface area (Å²) >= 11 is 0. The predicted octanol–water partition coefficient (Wildman–Crippen LogP) is 17.0. The number of aromatic nitrogens is 5. The minimum atomic E-state index is -1.06. The summed E-state index contributed by atoms with van der Waals surface area (Å²) in [7, 11) is 5.88. The number of hydrogen-bond donors (Lipinski definition) is 11. The van der Waals surface area contributed by atoms with Gasteiger partial charge in [0.2, 0.25) is 29.5 Å². The van der Waals surface area contributed by atoms with Crippen molar-refractivity contribution in [1.29, 1.82) is 10.5 Å². The van der Waals surface area contributed by atoms with Crippen LogP contribution in [0.3, 0.4) is 0 Å². The van der Waals surface area contributed by atoms with Gasteiger partial charge in [-0.3, -0.25) is 28.8 Å². The van der Waals surface area contributed by atoms with Crippen molar-refractivity contribution in [2.24, 2.45) is 41.4 Å². The molecule has 0 spiro atoms. The van der Waals surface area contributed by atoms with E-state index in [1.54, 1.807) is 55.2 Å². The summed E-state index contributed by atoms with van der Waals surface area (Å²) in [6.45, 7) is 18.7. The zero-order chi connectivity index (χ0) is 91.9. The van der Waals surface area contributed by atoms with Crippen molar-refractivity contribution < 1.29 is 41.9 Å². The summed E-state index contributed by atoms with van der Waals surface area (Å²) in [5, 5.41) is 43.0. The molecule has 10 aromatic rings. The lowest BCUT2D eigenvalue weighted by molar-refractivity contribution is -0.118. The third kappa shape index (κ3) is 21.6. The third-order valence-corrected chi connectivity index (χ3v) is 24.2. The van der Waals surface area contributed by atoms with E-state index in [9.17, 15) is 41.9 Å². The zero-order valence-electron chi connectivity index (χ0n) is 72.7. The molecule has 27 nitrogen and oxygen atoms in total. The van der Waals surface area contributed by atoms with Crippen molar-refractivity contribution in [2.75, 3.05) is 82.9 Å². The van der Waals surface area contributed by atoms with Crippen molar-refractivity contribution in [3.05, 3.63) is 271 Å². The molecule has 680 valence electrons. The van der Waals surface area contributed by atoms with Gasteiger partial charge in [0.25, 0.3) is 0 Å². The first-order valence-electron chi connectivity index (χ1n) is 42.3. The Labute approximate surface area is 780 Å². The van der Waals surface area contributed by atoms with Gasteiger partial charge in [0.15, 0.2) is 5.78 Å². The van der Waals surface area contributed by atoms with Crippen LogP contribution < -0.4 is 60.6 Å². The Kier molecular flexibility index (Phi) is 28.4. The number of anilines is 10. The average molecular weight is 1830 g/mol. The number of hydrogen-bond acceptors (Lipinski definition) is 22. The maximum Gasteiger partial charge on any atom is 0.231 e. The van der Waals surface area contributed by atoms with Crippen LogP contribution in [0.4, 0.5) is 70.7 Å². The van der Waals surface area contributed by atoms with Crippen LogP contribution in [0.5, 0.6) is 0 Å². The van der Waals surface area contributed by atoms with Gasteiger partial charge < -0.3 is 75.3 Å². The van der Waals surface area contributed by atoms with Gasteiger partial charge in [0, 0.05) is 190 Å². The van der Waals surface area contributed by atoms with Crippen molar-refractivity contribution >= 4 is 196 Å². The number of nitrogens with zero attached hydrogens (tertiary/aromatic N) is 10. The highest BCUT2D eigenvalue weighted by Gasteiger charge is 2.47. The fourth-order valence-electron chi connectivity index (χ4n) is 16.1. The van der Waals surface area contributed by atoms with E-state index in [1.807, 2.05) is 171 Å². The van der Waals surface area contributed by atoms with E-state index in [0.717, 1.165) is 140 Å². The number of nitrogens with two attached hydrogens (primary N) is 5. The lowest BCUT2D eigenvalue weighted by Crippen LogP contribution is -2.16. The molecule has 0 bridgehead atoms. The second kappa shape index (κ2) is 39.6. The number of alkyl halides is 3. The van der Waals surface area contributed by atoms with Crippen LogP contribution >= 0.6 is 27.0 Å². The van der Waals surface area contributed by atoms with Crippen LogP contribution in [-0.2, 0) is 28.8 Å². The van der Waals surface area contributed by atoms with E-state index in [0.29, 0.717) is 94.7 Å². The molecule has 2 unspecified atom stereocenters. The van der Waals surface area contributed by atoms with Crippen LogP contribution in [0.1, 0.15) is 93.0 Å². The molecule has 20 rings (SSSR count). The lowest BCUT2D eigenvalue weighted by atomic mass is 9.90. The number of amides is 5. The molecule has 1 saturated heterocycles. The fourth-order valence-corrected chi connectivity index (χ4v) is 16.1. The van der Waals surface area contributed by atoms with E-state index in [-0.39, 0.29) is 106 Å². The number of halogens is 3. The van der Waals surface area contributed by atoms with Gasteiger partial charge >= 0.3 is 0 Å². The van der Waals surface area contributed by atoms with Crippen LogP contribution in [-0.4, -0.2) is 121 Å². The lowest BCUT2D eigenvalue weighted by Gasteiger charge is -2.26. The molecule has 4 aliphatic heterocycles. The summed E-state index contributed by atoms with van der Waals surface area (Å²) in [5.74, 6) is -1.32. The van der Waals surface area contributed by atoms with E-state index in [2.05, 4.69) is 101 Å². The molecular weight excluding hydrogens is 1720 g/mol. The first-order chi connectivity index (χ1) is 62.3. The van der Waals surface area contributed by atoms with Crippen molar-refractivity contribution in [2.45, 2.75) is 83.7 Å². The summed E-state index contributed by atoms with van der Waals surface area (Å²) in [4.78, 5) is 99.6. The summed E-state index contributed by atoms with van der Waals surface area (Å²) in [6.07, 6.45) is 29.8. The highest BCUT2D eigenvalue weighted by atomic mass is 32.1. The number of benzene rings is 5. The summed E-state index contributed by atoms with van der Waals surface area (Å²) in [6, 6.07) is 32.6. The highest BCUT2D eigenvalue weighted by Crippen LogP contribution is 2.44. The Hall–Kier alpha value is -15.3. The minimum Gasteiger partial charge on any atom is -0.398 e. The van der Waals surface area contributed by atoms with Gasteiger partial charge in [0.1, 0.15) is 47.6 Å². The van der Waals surface area contributed by atoms with Crippen LogP contribution in [0, 0.1) is 64.1 Å². The second-order valence-corrected chi connectivity index (χ2v) is 34.0. The molecule has 16 N–H and O–H groups in total. The Bertz CT molecular complexity index is 6730. The van der Waals surface area contributed by atoms with Gasteiger partial charge in [-0.05, 0) is 222 Å². The second-order valence-electron chi connectivity index (χ2n) is 34.0.